The number of aliphatic carboxylic acids is 2. The molecule has 4 aromatic rings. The molecular weight excluding hydrogens is 923 g/mol. The molecule has 70 heavy (non-hydrogen) atoms. The first kappa shape index (κ1) is 55.1. The lowest BCUT2D eigenvalue weighted by molar-refractivity contribution is -0.147. The fourth-order valence-corrected chi connectivity index (χ4v) is 7.56. The Labute approximate surface area is 409 Å². The summed E-state index contributed by atoms with van der Waals surface area (Å²) in [6, 6.07) is 19.2. The molecule has 0 saturated carbocycles. The summed E-state index contributed by atoms with van der Waals surface area (Å²) in [4.78, 5) is 108. The number of phenols is 2. The van der Waals surface area contributed by atoms with Gasteiger partial charge in [0.2, 0.25) is 35.4 Å². The van der Waals surface area contributed by atoms with E-state index in [1.54, 1.807) is 80.8 Å². The van der Waals surface area contributed by atoms with Crippen molar-refractivity contribution in [3.05, 3.63) is 131 Å². The average Bonchev–Trinajstić information content (AvgIpc) is 3.32. The lowest BCUT2D eigenvalue weighted by Gasteiger charge is -2.28. The van der Waals surface area contributed by atoms with Crippen molar-refractivity contribution in [1.82, 2.24) is 31.9 Å². The average molecular weight is 984 g/mol. The van der Waals surface area contributed by atoms with Crippen LogP contribution in [0.15, 0.2) is 109 Å². The van der Waals surface area contributed by atoms with Crippen molar-refractivity contribution in [1.29, 1.82) is 0 Å². The molecule has 0 aliphatic carbocycles. The number of amides is 6. The molecule has 0 fully saturated rings. The maximum Gasteiger partial charge on any atom is 0.326 e. The van der Waals surface area contributed by atoms with Crippen molar-refractivity contribution < 1.29 is 58.8 Å². The normalized spacial score (nSPS) is 14.0. The Morgan fingerprint density at radius 2 is 0.786 bits per heavy atom. The van der Waals surface area contributed by atoms with E-state index in [9.17, 15) is 58.8 Å². The first-order chi connectivity index (χ1) is 33.3. The Morgan fingerprint density at radius 1 is 0.471 bits per heavy atom. The fourth-order valence-electron chi connectivity index (χ4n) is 7.08. The predicted molar refractivity (Wildman–Crippen MR) is 261 cm³/mol. The zero-order valence-electron chi connectivity index (χ0n) is 39.0. The number of nitrogens with one attached hydrogen (secondary N) is 6. The van der Waals surface area contributed by atoms with Crippen LogP contribution in [0.25, 0.3) is 0 Å². The number of carbonyl (C=O) groups is 8. The van der Waals surface area contributed by atoms with Gasteiger partial charge in [0, 0.05) is 25.7 Å². The van der Waals surface area contributed by atoms with Crippen molar-refractivity contribution in [3.63, 3.8) is 0 Å². The van der Waals surface area contributed by atoms with Crippen LogP contribution < -0.4 is 37.6 Å². The number of aromatic hydroxyl groups is 2. The number of carboxylic acids is 2. The van der Waals surface area contributed by atoms with Gasteiger partial charge in [0.15, 0.2) is 0 Å². The van der Waals surface area contributed by atoms with E-state index in [1.165, 1.54) is 60.3 Å². The van der Waals surface area contributed by atoms with Crippen molar-refractivity contribution in [2.24, 2.45) is 11.7 Å². The van der Waals surface area contributed by atoms with E-state index in [2.05, 4.69) is 31.9 Å². The lowest BCUT2D eigenvalue weighted by atomic mass is 10.00. The molecule has 4 rings (SSSR count). The minimum atomic E-state index is -1.85. The van der Waals surface area contributed by atoms with E-state index in [0.717, 1.165) is 5.56 Å². The number of carbonyl (C=O) groups excluding carboxylic acids is 6. The number of benzene rings is 4. The number of hydrogen-bond donors (Lipinski definition) is 11. The minimum absolute atomic E-state index is 0.0623. The maximum absolute atomic E-state index is 14.6. The SMILES string of the molecule is CSCC[C@H](NC(=O)[C@H](Cc1ccccc1)NC(=O)[C@@H](N)C(C)C)C(=O)N[C@@H](Cc1ccc(O)cc1)C(=O)N[C@@H](Cc1ccc(O)cc1)C(=O)N[C@@H](Cc1ccccc1)C(=O)N[C@@H](CC(=O)O)C(=O)O. The molecule has 0 aromatic heterocycles. The number of thioether (sulfide) groups is 1. The molecule has 4 aromatic carbocycles. The van der Waals surface area contributed by atoms with Crippen molar-refractivity contribution in [2.45, 2.75) is 94.7 Å². The topological polar surface area (TPSA) is 316 Å². The van der Waals surface area contributed by atoms with E-state index in [0.29, 0.717) is 22.4 Å². The highest BCUT2D eigenvalue weighted by Gasteiger charge is 2.35. The second-order valence-corrected chi connectivity index (χ2v) is 18.0. The Bertz CT molecular complexity index is 2390. The van der Waals surface area contributed by atoms with Crippen LogP contribution in [0.4, 0.5) is 0 Å². The van der Waals surface area contributed by atoms with Gasteiger partial charge in [-0.25, -0.2) is 4.79 Å². The first-order valence-electron chi connectivity index (χ1n) is 22.5. The first-order valence-corrected chi connectivity index (χ1v) is 23.9. The quantitative estimate of drug-likeness (QED) is 0.0405. The zero-order valence-corrected chi connectivity index (χ0v) is 39.8. The summed E-state index contributed by atoms with van der Waals surface area (Å²) in [5, 5.41) is 54.7. The summed E-state index contributed by atoms with van der Waals surface area (Å²) in [5.74, 6) is -8.01. The Balaban J connectivity index is 1.68. The lowest BCUT2D eigenvalue weighted by Crippen LogP contribution is -2.61. The third-order valence-corrected chi connectivity index (χ3v) is 11.8. The Morgan fingerprint density at radius 3 is 1.11 bits per heavy atom. The van der Waals surface area contributed by atoms with Gasteiger partial charge in [-0.05, 0) is 70.9 Å². The van der Waals surface area contributed by atoms with Gasteiger partial charge in [-0.2, -0.15) is 11.8 Å². The van der Waals surface area contributed by atoms with E-state index >= 15 is 0 Å². The van der Waals surface area contributed by atoms with Gasteiger partial charge in [-0.1, -0.05) is 98.8 Å². The van der Waals surface area contributed by atoms with Crippen LogP contribution in [0, 0.1) is 5.92 Å². The molecule has 0 aliphatic rings. The van der Waals surface area contributed by atoms with Gasteiger partial charge in [-0.3, -0.25) is 33.6 Å². The van der Waals surface area contributed by atoms with Gasteiger partial charge >= 0.3 is 11.9 Å². The molecule has 0 aliphatic heterocycles. The molecule has 20 heteroatoms. The molecule has 0 saturated heterocycles. The monoisotopic (exact) mass is 983 g/mol. The number of nitrogens with two attached hydrogens (primary N) is 1. The number of carboxylic acid groups (broad SMARTS) is 2. The predicted octanol–water partition coefficient (Wildman–Crippen LogP) is 1.57. The molecule has 0 bridgehead atoms. The second-order valence-electron chi connectivity index (χ2n) is 17.0. The highest BCUT2D eigenvalue weighted by Crippen LogP contribution is 2.16. The zero-order chi connectivity index (χ0) is 51.3. The molecule has 0 spiro atoms. The Kier molecular flexibility index (Phi) is 21.7. The molecule has 19 nitrogen and oxygen atoms in total. The van der Waals surface area contributed by atoms with Gasteiger partial charge in [0.25, 0.3) is 0 Å². The smallest absolute Gasteiger partial charge is 0.326 e. The molecule has 374 valence electrons. The van der Waals surface area contributed by atoms with Crippen LogP contribution in [0.5, 0.6) is 11.5 Å². The highest BCUT2D eigenvalue weighted by atomic mass is 32.2. The van der Waals surface area contributed by atoms with E-state index in [-0.39, 0.29) is 49.5 Å². The summed E-state index contributed by atoms with van der Waals surface area (Å²) in [5.41, 5.74) is 8.31. The van der Waals surface area contributed by atoms with Crippen LogP contribution in [0.2, 0.25) is 0 Å². The van der Waals surface area contributed by atoms with Crippen LogP contribution in [-0.2, 0) is 64.0 Å². The molecule has 0 radical (unpaired) electrons. The van der Waals surface area contributed by atoms with Gasteiger partial charge < -0.3 is 58.1 Å². The number of phenolic OH excluding ortho intramolecular Hbond substituents is 2. The van der Waals surface area contributed by atoms with Crippen LogP contribution >= 0.6 is 11.8 Å². The summed E-state index contributed by atoms with van der Waals surface area (Å²) < 4.78 is 0. The van der Waals surface area contributed by atoms with E-state index in [1.807, 2.05) is 0 Å². The summed E-state index contributed by atoms with van der Waals surface area (Å²) >= 11 is 1.40. The third-order valence-electron chi connectivity index (χ3n) is 11.1. The molecular formula is C50H61N7O12S. The highest BCUT2D eigenvalue weighted by molar-refractivity contribution is 7.98. The number of hydrogen-bond acceptors (Lipinski definition) is 12. The summed E-state index contributed by atoms with van der Waals surface area (Å²) in [6.45, 7) is 3.53. The third kappa shape index (κ3) is 18.2. The maximum atomic E-state index is 14.6. The van der Waals surface area contributed by atoms with Crippen molar-refractivity contribution in [3.8, 4) is 11.5 Å². The molecule has 7 atom stereocenters. The van der Waals surface area contributed by atoms with E-state index < -0.39 is 96.1 Å². The fraction of sp³-hybridized carbons (Fsp3) is 0.360. The second kappa shape index (κ2) is 27.5. The van der Waals surface area contributed by atoms with Gasteiger partial charge in [0.1, 0.15) is 47.8 Å². The van der Waals surface area contributed by atoms with Crippen LogP contribution in [0.3, 0.4) is 0 Å². The van der Waals surface area contributed by atoms with Crippen molar-refractivity contribution in [2.75, 3.05) is 12.0 Å². The minimum Gasteiger partial charge on any atom is -0.508 e. The van der Waals surface area contributed by atoms with Crippen molar-refractivity contribution >= 4 is 59.1 Å². The summed E-state index contributed by atoms with van der Waals surface area (Å²) in [7, 11) is 0. The molecule has 0 unspecified atom stereocenters. The van der Waals surface area contributed by atoms with E-state index in [4.69, 9.17) is 5.73 Å². The van der Waals surface area contributed by atoms with Crippen LogP contribution in [0.1, 0.15) is 48.9 Å². The largest absolute Gasteiger partial charge is 0.508 e. The molecule has 0 heterocycles. The molecule has 12 N–H and O–H groups in total. The standard InChI is InChI=1S/C50H61N7O12S/c1-29(2)43(51)49(67)56-40(25-31-12-8-5-9-13-31)45(63)52-36(22-23-70-3)44(62)53-38(26-32-14-18-34(58)19-15-32)46(64)55-39(27-33-16-20-35(59)21-17-33)47(65)54-37(24-30-10-6-4-7-11-30)48(66)57-41(50(68)69)28-42(60)61/h4-21,29,36-41,43,58-59H,22-28,51H2,1-3H3,(H,52,63)(H,53,62)(H,54,65)(H,55,64)(H,56,67)(H,57,66)(H,60,61)(H,68,69)/t36-,37-,38-,39-,40-,41-,43-/m0/s1. The van der Waals surface area contributed by atoms with Gasteiger partial charge in [-0.15, -0.1) is 0 Å². The van der Waals surface area contributed by atoms with Gasteiger partial charge in [0.05, 0.1) is 12.5 Å². The molecule has 6 amide bonds. The number of rotatable bonds is 27. The Hall–Kier alpha value is -7.45. The van der Waals surface area contributed by atoms with Crippen LogP contribution in [-0.4, -0.2) is 122 Å². The summed E-state index contributed by atoms with van der Waals surface area (Å²) in [6.07, 6.45) is 0.407.